The van der Waals surface area contributed by atoms with Crippen molar-refractivity contribution in [3.8, 4) is 0 Å². The minimum atomic E-state index is -0.107. The van der Waals surface area contributed by atoms with Gasteiger partial charge in [0.1, 0.15) is 0 Å². The van der Waals surface area contributed by atoms with E-state index in [0.29, 0.717) is 18.0 Å². The molecule has 0 fully saturated rings. The second kappa shape index (κ2) is 7.38. The lowest BCUT2D eigenvalue weighted by Crippen LogP contribution is -2.37. The second-order valence-electron chi connectivity index (χ2n) is 4.38. The van der Waals surface area contributed by atoms with Gasteiger partial charge >= 0.3 is 0 Å². The van der Waals surface area contributed by atoms with E-state index in [1.165, 1.54) is 18.3 Å². The van der Waals surface area contributed by atoms with Crippen LogP contribution >= 0.6 is 27.3 Å². The van der Waals surface area contributed by atoms with E-state index < -0.39 is 0 Å². The maximum atomic E-state index is 11.8. The molecule has 2 rings (SSSR count). The fraction of sp³-hybridized carbons (Fsp3) is 0.200. The monoisotopic (exact) mass is 366 g/mol. The Morgan fingerprint density at radius 3 is 2.52 bits per heavy atom. The summed E-state index contributed by atoms with van der Waals surface area (Å²) in [6.07, 6.45) is 0. The van der Waals surface area contributed by atoms with Crippen molar-refractivity contribution in [1.82, 2.24) is 5.32 Å². The molecule has 4 nitrogen and oxygen atoms in total. The van der Waals surface area contributed by atoms with E-state index in [0.717, 1.165) is 10.2 Å². The molecular formula is C15H15BrN2O2S. The summed E-state index contributed by atoms with van der Waals surface area (Å²) in [5.41, 5.74) is 0.816. The molecule has 2 aromatic rings. The maximum Gasteiger partial charge on any atom is 0.261 e. The van der Waals surface area contributed by atoms with Gasteiger partial charge in [-0.25, -0.2) is 0 Å². The molecule has 21 heavy (non-hydrogen) atoms. The average Bonchev–Trinajstić information content (AvgIpc) is 2.98. The molecule has 1 N–H and O–H groups in total. The van der Waals surface area contributed by atoms with E-state index in [1.54, 1.807) is 11.0 Å². The summed E-state index contributed by atoms with van der Waals surface area (Å²) in [5.74, 6) is -0.160. The molecule has 110 valence electrons. The van der Waals surface area contributed by atoms with Gasteiger partial charge in [-0.05, 0) is 35.7 Å². The third kappa shape index (κ3) is 4.41. The van der Waals surface area contributed by atoms with Gasteiger partial charge in [-0.15, -0.1) is 11.3 Å². The van der Waals surface area contributed by atoms with Crippen molar-refractivity contribution in [2.24, 2.45) is 0 Å². The molecule has 1 aromatic heterocycles. The van der Waals surface area contributed by atoms with E-state index in [1.807, 2.05) is 35.7 Å². The summed E-state index contributed by atoms with van der Waals surface area (Å²) in [4.78, 5) is 25.9. The van der Waals surface area contributed by atoms with Crippen LogP contribution in [-0.2, 0) is 4.79 Å². The lowest BCUT2D eigenvalue weighted by Gasteiger charge is -2.21. The Hall–Kier alpha value is -1.66. The molecule has 0 aliphatic carbocycles. The maximum absolute atomic E-state index is 11.8. The predicted octanol–water partition coefficient (Wildman–Crippen LogP) is 3.29. The fourth-order valence-corrected chi connectivity index (χ4v) is 2.77. The van der Waals surface area contributed by atoms with Crippen LogP contribution in [0.25, 0.3) is 0 Å². The standard InChI is InChI=1S/C15H15BrN2O2S/c1-11(19)18(13-6-4-12(16)5-7-13)9-8-17-15(20)14-3-2-10-21-14/h2-7,10H,8-9H2,1H3,(H,17,20). The average molecular weight is 367 g/mol. The molecular weight excluding hydrogens is 352 g/mol. The highest BCUT2D eigenvalue weighted by atomic mass is 79.9. The number of nitrogens with one attached hydrogen (secondary N) is 1. The Kier molecular flexibility index (Phi) is 5.52. The van der Waals surface area contributed by atoms with Crippen molar-refractivity contribution in [3.05, 3.63) is 51.1 Å². The van der Waals surface area contributed by atoms with Crippen LogP contribution < -0.4 is 10.2 Å². The van der Waals surface area contributed by atoms with Crippen LogP contribution in [-0.4, -0.2) is 24.9 Å². The highest BCUT2D eigenvalue weighted by molar-refractivity contribution is 9.10. The Morgan fingerprint density at radius 2 is 1.95 bits per heavy atom. The highest BCUT2D eigenvalue weighted by Crippen LogP contribution is 2.18. The zero-order valence-electron chi connectivity index (χ0n) is 11.5. The summed E-state index contributed by atoms with van der Waals surface area (Å²) in [7, 11) is 0. The van der Waals surface area contributed by atoms with E-state index in [2.05, 4.69) is 21.2 Å². The van der Waals surface area contributed by atoms with Gasteiger partial charge in [-0.1, -0.05) is 22.0 Å². The third-order valence-electron chi connectivity index (χ3n) is 2.88. The van der Waals surface area contributed by atoms with Gasteiger partial charge in [0.25, 0.3) is 5.91 Å². The lowest BCUT2D eigenvalue weighted by atomic mass is 10.3. The first-order valence-electron chi connectivity index (χ1n) is 6.43. The van der Waals surface area contributed by atoms with Crippen LogP contribution in [0.4, 0.5) is 5.69 Å². The van der Waals surface area contributed by atoms with Crippen molar-refractivity contribution in [2.75, 3.05) is 18.0 Å². The molecule has 1 aromatic carbocycles. The summed E-state index contributed by atoms with van der Waals surface area (Å²) < 4.78 is 0.959. The van der Waals surface area contributed by atoms with Crippen molar-refractivity contribution in [2.45, 2.75) is 6.92 Å². The number of benzene rings is 1. The number of nitrogens with zero attached hydrogens (tertiary/aromatic N) is 1. The molecule has 0 aliphatic rings. The topological polar surface area (TPSA) is 49.4 Å². The van der Waals surface area contributed by atoms with Gasteiger partial charge in [0.15, 0.2) is 0 Å². The Labute approximate surface area is 135 Å². The van der Waals surface area contributed by atoms with Crippen molar-refractivity contribution in [3.63, 3.8) is 0 Å². The zero-order valence-corrected chi connectivity index (χ0v) is 13.9. The number of rotatable bonds is 5. The van der Waals surface area contributed by atoms with Crippen molar-refractivity contribution < 1.29 is 9.59 Å². The van der Waals surface area contributed by atoms with Crippen LogP contribution in [0.3, 0.4) is 0 Å². The lowest BCUT2D eigenvalue weighted by molar-refractivity contribution is -0.116. The number of amides is 2. The number of hydrogen-bond acceptors (Lipinski definition) is 3. The Morgan fingerprint density at radius 1 is 1.24 bits per heavy atom. The van der Waals surface area contributed by atoms with E-state index in [9.17, 15) is 9.59 Å². The first-order chi connectivity index (χ1) is 10.1. The third-order valence-corrected chi connectivity index (χ3v) is 4.28. The van der Waals surface area contributed by atoms with Gasteiger partial charge in [-0.3, -0.25) is 9.59 Å². The molecule has 0 atom stereocenters. The van der Waals surface area contributed by atoms with Gasteiger partial charge in [0.05, 0.1) is 4.88 Å². The molecule has 0 unspecified atom stereocenters. The first kappa shape index (κ1) is 15.7. The zero-order chi connectivity index (χ0) is 15.2. The summed E-state index contributed by atoms with van der Waals surface area (Å²) >= 11 is 4.76. The quantitative estimate of drug-likeness (QED) is 0.882. The van der Waals surface area contributed by atoms with Gasteiger partial charge < -0.3 is 10.2 Å². The summed E-state index contributed by atoms with van der Waals surface area (Å²) in [6.45, 7) is 2.36. The van der Waals surface area contributed by atoms with E-state index in [4.69, 9.17) is 0 Å². The summed E-state index contributed by atoms with van der Waals surface area (Å²) in [6, 6.07) is 11.1. The molecule has 0 radical (unpaired) electrons. The number of anilines is 1. The normalized spacial score (nSPS) is 10.2. The van der Waals surface area contributed by atoms with Gasteiger partial charge in [-0.2, -0.15) is 0 Å². The highest BCUT2D eigenvalue weighted by Gasteiger charge is 2.12. The Bertz CT molecular complexity index is 611. The first-order valence-corrected chi connectivity index (χ1v) is 8.10. The van der Waals surface area contributed by atoms with Crippen LogP contribution in [0.15, 0.2) is 46.3 Å². The van der Waals surface area contributed by atoms with Crippen molar-refractivity contribution >= 4 is 44.8 Å². The number of carbonyl (C=O) groups is 2. The van der Waals surface area contributed by atoms with Crippen molar-refractivity contribution in [1.29, 1.82) is 0 Å². The minimum absolute atomic E-state index is 0.0531. The molecule has 1 heterocycles. The number of carbonyl (C=O) groups excluding carboxylic acids is 2. The minimum Gasteiger partial charge on any atom is -0.350 e. The largest absolute Gasteiger partial charge is 0.350 e. The molecule has 0 saturated heterocycles. The number of halogens is 1. The molecule has 0 spiro atoms. The molecule has 0 aliphatic heterocycles. The van der Waals surface area contributed by atoms with Gasteiger partial charge in [0, 0.05) is 30.2 Å². The molecule has 2 amide bonds. The predicted molar refractivity (Wildman–Crippen MR) is 88.8 cm³/mol. The van der Waals surface area contributed by atoms with Crippen LogP contribution in [0.1, 0.15) is 16.6 Å². The van der Waals surface area contributed by atoms with E-state index in [-0.39, 0.29) is 11.8 Å². The van der Waals surface area contributed by atoms with Crippen LogP contribution in [0.5, 0.6) is 0 Å². The molecule has 0 bridgehead atoms. The summed E-state index contributed by atoms with van der Waals surface area (Å²) in [5, 5.41) is 4.68. The Balaban J connectivity index is 1.93. The van der Waals surface area contributed by atoms with E-state index >= 15 is 0 Å². The van der Waals surface area contributed by atoms with Crippen LogP contribution in [0.2, 0.25) is 0 Å². The van der Waals surface area contributed by atoms with Crippen LogP contribution in [0, 0.1) is 0 Å². The number of hydrogen-bond donors (Lipinski definition) is 1. The number of thiophene rings is 1. The molecule has 0 saturated carbocycles. The smallest absolute Gasteiger partial charge is 0.261 e. The second-order valence-corrected chi connectivity index (χ2v) is 6.24. The van der Waals surface area contributed by atoms with Gasteiger partial charge in [0.2, 0.25) is 5.91 Å². The molecule has 6 heteroatoms. The SMILES string of the molecule is CC(=O)N(CCNC(=O)c1cccs1)c1ccc(Br)cc1. The fourth-order valence-electron chi connectivity index (χ4n) is 1.87.